The molecule has 10 nitrogen and oxygen atoms in total. The fraction of sp³-hybridized carbons (Fsp3) is 0. The second-order valence-corrected chi connectivity index (χ2v) is 4.48. The van der Waals surface area contributed by atoms with Gasteiger partial charge in [-0.15, -0.1) is 12.6 Å². The van der Waals surface area contributed by atoms with Crippen LogP contribution < -0.4 is 16.9 Å². The first-order valence-corrected chi connectivity index (χ1v) is 6.57. The molecule has 0 saturated carbocycles. The van der Waals surface area contributed by atoms with Crippen LogP contribution in [0.25, 0.3) is 11.2 Å². The van der Waals surface area contributed by atoms with Crippen molar-refractivity contribution in [1.29, 1.82) is 0 Å². The van der Waals surface area contributed by atoms with Gasteiger partial charge in [0.15, 0.2) is 5.65 Å². The van der Waals surface area contributed by atoms with E-state index in [0.29, 0.717) is 21.8 Å². The Morgan fingerprint density at radius 3 is 2.61 bits per heavy atom. The van der Waals surface area contributed by atoms with Gasteiger partial charge >= 0.3 is 6.03 Å². The van der Waals surface area contributed by atoms with Crippen molar-refractivity contribution in [1.82, 2.24) is 24.6 Å². The Labute approximate surface area is 135 Å². The van der Waals surface area contributed by atoms with Gasteiger partial charge in [0, 0.05) is 6.20 Å². The van der Waals surface area contributed by atoms with Crippen molar-refractivity contribution in [2.24, 2.45) is 11.5 Å². The van der Waals surface area contributed by atoms with E-state index in [2.05, 4.69) is 38.0 Å². The Morgan fingerprint density at radius 1 is 1.22 bits per heavy atom. The molecule has 3 aromatic rings. The SMILES string of the molecule is NC(=O)Nn1cnc2cncnc21.NC(=O)c1cccnc1S. The number of thiol groups is 1. The number of hydrogen-bond donors (Lipinski definition) is 4. The van der Waals surface area contributed by atoms with Crippen LogP contribution in [0.4, 0.5) is 4.79 Å². The summed E-state index contributed by atoms with van der Waals surface area (Å²) >= 11 is 3.93. The highest BCUT2D eigenvalue weighted by Gasteiger charge is 2.04. The van der Waals surface area contributed by atoms with Crippen LogP contribution in [0.2, 0.25) is 0 Å². The number of hydrogen-bond acceptors (Lipinski definition) is 7. The summed E-state index contributed by atoms with van der Waals surface area (Å²) in [6.07, 6.45) is 5.86. The summed E-state index contributed by atoms with van der Waals surface area (Å²) in [4.78, 5) is 36.5. The van der Waals surface area contributed by atoms with Crippen LogP contribution in [0, 0.1) is 0 Å². The Kier molecular flexibility index (Phi) is 5.04. The predicted molar refractivity (Wildman–Crippen MR) is 84.3 cm³/mol. The molecule has 0 fully saturated rings. The average Bonchev–Trinajstić information content (AvgIpc) is 2.91. The molecule has 0 aliphatic heterocycles. The summed E-state index contributed by atoms with van der Waals surface area (Å²) in [5.41, 5.74) is 13.7. The first kappa shape index (κ1) is 16.2. The molecule has 0 aromatic carbocycles. The third kappa shape index (κ3) is 4.14. The number of amides is 3. The predicted octanol–water partition coefficient (Wildman–Crippen LogP) is -0.0823. The van der Waals surface area contributed by atoms with E-state index in [0.717, 1.165) is 0 Å². The largest absolute Gasteiger partial charge is 0.366 e. The number of urea groups is 1. The number of carbonyl (C=O) groups excluding carboxylic acids is 2. The third-order valence-corrected chi connectivity index (χ3v) is 2.85. The lowest BCUT2D eigenvalue weighted by Crippen LogP contribution is -2.27. The number of carbonyl (C=O) groups is 2. The molecule has 0 radical (unpaired) electrons. The number of nitrogens with two attached hydrogens (primary N) is 2. The molecule has 3 amide bonds. The van der Waals surface area contributed by atoms with E-state index in [1.807, 2.05) is 0 Å². The molecular formula is C12H12N8O2S. The molecule has 0 saturated heterocycles. The van der Waals surface area contributed by atoms with Crippen LogP contribution in [0.1, 0.15) is 10.4 Å². The van der Waals surface area contributed by atoms with Gasteiger partial charge in [-0.25, -0.2) is 34.8 Å². The molecule has 3 rings (SSSR count). The fourth-order valence-corrected chi connectivity index (χ4v) is 1.81. The number of rotatable bonds is 2. The molecule has 0 unspecified atom stereocenters. The topological polar surface area (TPSA) is 155 Å². The maximum absolute atomic E-state index is 10.6. The van der Waals surface area contributed by atoms with Gasteiger partial charge in [0.1, 0.15) is 23.2 Å². The van der Waals surface area contributed by atoms with E-state index in [9.17, 15) is 9.59 Å². The van der Waals surface area contributed by atoms with Crippen LogP contribution in [-0.4, -0.2) is 36.6 Å². The van der Waals surface area contributed by atoms with Gasteiger partial charge in [-0.2, -0.15) is 0 Å². The highest BCUT2D eigenvalue weighted by molar-refractivity contribution is 7.80. The number of nitrogens with zero attached hydrogens (tertiary/aromatic N) is 5. The summed E-state index contributed by atoms with van der Waals surface area (Å²) in [6, 6.07) is 2.55. The van der Waals surface area contributed by atoms with Crippen molar-refractivity contribution >= 4 is 35.7 Å². The maximum Gasteiger partial charge on any atom is 0.331 e. The highest BCUT2D eigenvalue weighted by Crippen LogP contribution is 2.07. The standard InChI is InChI=1S/C6H6N6O.C6H6N2OS/c7-6(13)11-12-3-10-4-1-8-2-9-5(4)12;7-5(9)4-2-1-3-8-6(4)10/h1-3H,(H3,7,11,13);1-3H,(H2,7,9)(H,8,10). The lowest BCUT2D eigenvalue weighted by Gasteiger charge is -2.00. The Hall–Kier alpha value is -3.21. The average molecular weight is 332 g/mol. The van der Waals surface area contributed by atoms with Gasteiger partial charge in [0.05, 0.1) is 11.8 Å². The van der Waals surface area contributed by atoms with Crippen LogP contribution in [0.15, 0.2) is 42.2 Å². The second-order valence-electron chi connectivity index (χ2n) is 4.06. The number of primary amides is 2. The van der Waals surface area contributed by atoms with Crippen LogP contribution in [-0.2, 0) is 0 Å². The molecule has 3 heterocycles. The van der Waals surface area contributed by atoms with E-state index in [1.165, 1.54) is 17.3 Å². The van der Waals surface area contributed by atoms with Crippen molar-refractivity contribution in [3.05, 3.63) is 42.7 Å². The third-order valence-electron chi connectivity index (χ3n) is 2.50. The van der Waals surface area contributed by atoms with Gasteiger partial charge in [0.2, 0.25) is 0 Å². The van der Waals surface area contributed by atoms with Gasteiger partial charge in [-0.1, -0.05) is 0 Å². The van der Waals surface area contributed by atoms with Gasteiger partial charge in [-0.3, -0.25) is 4.79 Å². The first-order valence-electron chi connectivity index (χ1n) is 6.12. The minimum atomic E-state index is -0.669. The van der Waals surface area contributed by atoms with Gasteiger partial charge in [0.25, 0.3) is 5.91 Å². The monoisotopic (exact) mass is 332 g/mol. The second kappa shape index (κ2) is 7.17. The van der Waals surface area contributed by atoms with Gasteiger partial charge < -0.3 is 11.5 Å². The summed E-state index contributed by atoms with van der Waals surface area (Å²) in [7, 11) is 0. The number of nitrogens with one attached hydrogen (secondary N) is 1. The van der Waals surface area contributed by atoms with Crippen molar-refractivity contribution in [3.8, 4) is 0 Å². The molecule has 118 valence electrons. The highest BCUT2D eigenvalue weighted by atomic mass is 32.1. The minimum Gasteiger partial charge on any atom is -0.366 e. The van der Waals surface area contributed by atoms with Crippen molar-refractivity contribution in [3.63, 3.8) is 0 Å². The van der Waals surface area contributed by atoms with E-state index < -0.39 is 11.9 Å². The number of fused-ring (bicyclic) bond motifs is 1. The lowest BCUT2D eigenvalue weighted by molar-refractivity contribution is 0.0997. The number of pyridine rings is 1. The van der Waals surface area contributed by atoms with Gasteiger partial charge in [-0.05, 0) is 12.1 Å². The van der Waals surface area contributed by atoms with E-state index in [-0.39, 0.29) is 0 Å². The molecule has 0 bridgehead atoms. The van der Waals surface area contributed by atoms with Crippen LogP contribution >= 0.6 is 12.6 Å². The lowest BCUT2D eigenvalue weighted by atomic mass is 10.3. The van der Waals surface area contributed by atoms with Crippen LogP contribution in [0.3, 0.4) is 0 Å². The Balaban J connectivity index is 0.000000174. The normalized spacial score (nSPS) is 9.78. The molecule has 0 aliphatic rings. The summed E-state index contributed by atoms with van der Waals surface area (Å²) < 4.78 is 1.33. The molecule has 0 spiro atoms. The first-order chi connectivity index (χ1) is 11.0. The molecule has 3 aromatic heterocycles. The molecular weight excluding hydrogens is 320 g/mol. The van der Waals surface area contributed by atoms with E-state index >= 15 is 0 Å². The zero-order chi connectivity index (χ0) is 16.8. The van der Waals surface area contributed by atoms with Crippen molar-refractivity contribution < 1.29 is 9.59 Å². The quantitative estimate of drug-likeness (QED) is 0.481. The Morgan fingerprint density at radius 2 is 2.00 bits per heavy atom. The zero-order valence-electron chi connectivity index (χ0n) is 11.6. The van der Waals surface area contributed by atoms with Crippen LogP contribution in [0.5, 0.6) is 0 Å². The molecule has 0 aliphatic carbocycles. The smallest absolute Gasteiger partial charge is 0.331 e. The summed E-state index contributed by atoms with van der Waals surface area (Å²) in [5.74, 6) is -0.502. The maximum atomic E-state index is 10.6. The Bertz CT molecular complexity index is 850. The number of imidazole rings is 1. The molecule has 23 heavy (non-hydrogen) atoms. The minimum absolute atomic E-state index is 0.353. The van der Waals surface area contributed by atoms with Crippen molar-refractivity contribution in [2.75, 3.05) is 5.43 Å². The zero-order valence-corrected chi connectivity index (χ0v) is 12.5. The summed E-state index contributed by atoms with van der Waals surface area (Å²) in [5, 5.41) is 0.370. The molecule has 5 N–H and O–H groups in total. The van der Waals surface area contributed by atoms with E-state index in [4.69, 9.17) is 11.5 Å². The summed E-state index contributed by atoms with van der Waals surface area (Å²) in [6.45, 7) is 0. The van der Waals surface area contributed by atoms with E-state index in [1.54, 1.807) is 24.5 Å². The molecule has 11 heteroatoms. The fourth-order valence-electron chi connectivity index (χ4n) is 1.56. The molecule has 0 atom stereocenters. The number of aromatic nitrogens is 5. The van der Waals surface area contributed by atoms with Crippen molar-refractivity contribution in [2.45, 2.75) is 5.03 Å².